The number of carbonyl (C=O) groups excluding carboxylic acids is 2. The third-order valence-corrected chi connectivity index (χ3v) is 3.39. The van der Waals surface area contributed by atoms with Gasteiger partial charge < -0.3 is 0 Å². The summed E-state index contributed by atoms with van der Waals surface area (Å²) in [5.41, 5.74) is 5.90. The number of nitrogens with one attached hydrogen (secondary N) is 2. The zero-order chi connectivity index (χ0) is 18.2. The molecular weight excluding hydrogens is 346 g/mol. The van der Waals surface area contributed by atoms with Crippen LogP contribution in [0.4, 0.5) is 5.69 Å². The Morgan fingerprint density at radius 3 is 2.28 bits per heavy atom. The second kappa shape index (κ2) is 8.60. The van der Waals surface area contributed by atoms with Gasteiger partial charge in [0.05, 0.1) is 11.3 Å². The first-order valence-corrected chi connectivity index (χ1v) is 7.57. The first kappa shape index (κ1) is 18.2. The van der Waals surface area contributed by atoms with Crippen molar-refractivity contribution in [3.63, 3.8) is 0 Å². The second-order valence-electron chi connectivity index (χ2n) is 5.02. The van der Waals surface area contributed by atoms with Gasteiger partial charge in [-0.3, -0.25) is 30.6 Å². The maximum absolute atomic E-state index is 11.7. The quantitative estimate of drug-likeness (QED) is 0.486. The molecule has 0 atom stereocenters. The Balaban J connectivity index is 1.80. The SMILES string of the molecule is O=C(/C=C/c1ccc([N+](=O)[O-])cc1)NNC(=O)Cc1ccc(Cl)cc1. The third-order valence-electron chi connectivity index (χ3n) is 3.13. The largest absolute Gasteiger partial charge is 0.273 e. The molecule has 2 N–H and O–H groups in total. The number of hydrazine groups is 1. The Hall–Kier alpha value is -3.19. The molecule has 2 aromatic rings. The van der Waals surface area contributed by atoms with Gasteiger partial charge in [-0.05, 0) is 41.5 Å². The van der Waals surface area contributed by atoms with E-state index in [1.807, 2.05) is 0 Å². The molecule has 0 heterocycles. The second-order valence-corrected chi connectivity index (χ2v) is 5.46. The van der Waals surface area contributed by atoms with Crippen molar-refractivity contribution >= 4 is 35.2 Å². The summed E-state index contributed by atoms with van der Waals surface area (Å²) in [6.45, 7) is 0. The van der Waals surface area contributed by atoms with Crippen molar-refractivity contribution in [2.75, 3.05) is 0 Å². The fourth-order valence-corrected chi connectivity index (χ4v) is 2.01. The van der Waals surface area contributed by atoms with Gasteiger partial charge in [0.15, 0.2) is 0 Å². The molecule has 2 rings (SSSR count). The number of rotatable bonds is 5. The molecular formula is C17H14ClN3O4. The number of halogens is 1. The molecule has 0 aliphatic rings. The molecule has 0 saturated carbocycles. The van der Waals surface area contributed by atoms with Crippen molar-refractivity contribution in [1.82, 2.24) is 10.9 Å². The topological polar surface area (TPSA) is 101 Å². The smallest absolute Gasteiger partial charge is 0.269 e. The van der Waals surface area contributed by atoms with Crippen molar-refractivity contribution in [3.8, 4) is 0 Å². The maximum Gasteiger partial charge on any atom is 0.269 e. The molecule has 0 spiro atoms. The standard InChI is InChI=1S/C17H14ClN3O4/c18-14-6-1-13(2-7-14)11-17(23)20-19-16(22)10-5-12-3-8-15(9-4-12)21(24)25/h1-10H,11H2,(H,19,22)(H,20,23)/b10-5+. The lowest BCUT2D eigenvalue weighted by atomic mass is 10.1. The van der Waals surface area contributed by atoms with E-state index in [4.69, 9.17) is 11.6 Å². The van der Waals surface area contributed by atoms with Crippen LogP contribution in [0.25, 0.3) is 6.08 Å². The highest BCUT2D eigenvalue weighted by molar-refractivity contribution is 6.30. The Bertz CT molecular complexity index is 802. The Morgan fingerprint density at radius 2 is 1.68 bits per heavy atom. The first-order valence-electron chi connectivity index (χ1n) is 7.20. The van der Waals surface area contributed by atoms with Crippen molar-refractivity contribution in [2.24, 2.45) is 0 Å². The van der Waals surface area contributed by atoms with E-state index >= 15 is 0 Å². The van der Waals surface area contributed by atoms with E-state index in [0.29, 0.717) is 10.6 Å². The summed E-state index contributed by atoms with van der Waals surface area (Å²) in [6.07, 6.45) is 2.79. The highest BCUT2D eigenvalue weighted by Gasteiger charge is 2.05. The van der Waals surface area contributed by atoms with E-state index in [-0.39, 0.29) is 18.0 Å². The summed E-state index contributed by atoms with van der Waals surface area (Å²) in [6, 6.07) is 12.5. The van der Waals surface area contributed by atoms with Gasteiger partial charge in [0, 0.05) is 23.2 Å². The van der Waals surface area contributed by atoms with Crippen molar-refractivity contribution in [3.05, 3.63) is 80.9 Å². The zero-order valence-corrected chi connectivity index (χ0v) is 13.7. The molecule has 25 heavy (non-hydrogen) atoms. The molecule has 2 aromatic carbocycles. The predicted octanol–water partition coefficient (Wildman–Crippen LogP) is 2.65. The van der Waals surface area contributed by atoms with E-state index in [1.54, 1.807) is 24.3 Å². The van der Waals surface area contributed by atoms with Gasteiger partial charge in [0.1, 0.15) is 0 Å². The van der Waals surface area contributed by atoms with Crippen molar-refractivity contribution < 1.29 is 14.5 Å². The number of nitro groups is 1. The summed E-state index contributed by atoms with van der Waals surface area (Å²) in [5.74, 6) is -0.901. The number of nitrogens with zero attached hydrogens (tertiary/aromatic N) is 1. The molecule has 0 fully saturated rings. The van der Waals surface area contributed by atoms with Crippen LogP contribution in [-0.4, -0.2) is 16.7 Å². The average molecular weight is 360 g/mol. The van der Waals surface area contributed by atoms with Crippen LogP contribution in [-0.2, 0) is 16.0 Å². The number of hydrogen-bond acceptors (Lipinski definition) is 4. The lowest BCUT2D eigenvalue weighted by molar-refractivity contribution is -0.384. The number of non-ortho nitro benzene ring substituents is 1. The van der Waals surface area contributed by atoms with Crippen LogP contribution in [0, 0.1) is 10.1 Å². The van der Waals surface area contributed by atoms with E-state index in [1.165, 1.54) is 36.4 Å². The van der Waals surface area contributed by atoms with Gasteiger partial charge in [-0.15, -0.1) is 0 Å². The van der Waals surface area contributed by atoms with Crippen LogP contribution < -0.4 is 10.9 Å². The number of amides is 2. The molecule has 0 aromatic heterocycles. The van der Waals surface area contributed by atoms with Gasteiger partial charge in [0.2, 0.25) is 5.91 Å². The predicted molar refractivity (Wildman–Crippen MR) is 93.6 cm³/mol. The van der Waals surface area contributed by atoms with Gasteiger partial charge in [-0.25, -0.2) is 0 Å². The molecule has 2 amide bonds. The van der Waals surface area contributed by atoms with E-state index in [9.17, 15) is 19.7 Å². The average Bonchev–Trinajstić information content (AvgIpc) is 2.60. The minimum atomic E-state index is -0.525. The van der Waals surface area contributed by atoms with E-state index in [2.05, 4.69) is 10.9 Å². The molecule has 0 aliphatic carbocycles. The van der Waals surface area contributed by atoms with Crippen LogP contribution in [0.1, 0.15) is 11.1 Å². The van der Waals surface area contributed by atoms with Crippen molar-refractivity contribution in [1.29, 1.82) is 0 Å². The maximum atomic E-state index is 11.7. The van der Waals surface area contributed by atoms with Gasteiger partial charge in [-0.1, -0.05) is 23.7 Å². The molecule has 0 radical (unpaired) electrons. The third kappa shape index (κ3) is 6.08. The molecule has 0 saturated heterocycles. The minimum Gasteiger partial charge on any atom is -0.273 e. The van der Waals surface area contributed by atoms with E-state index in [0.717, 1.165) is 5.56 Å². The fourth-order valence-electron chi connectivity index (χ4n) is 1.88. The van der Waals surface area contributed by atoms with Crippen molar-refractivity contribution in [2.45, 2.75) is 6.42 Å². The fraction of sp³-hybridized carbons (Fsp3) is 0.0588. The van der Waals surface area contributed by atoms with Gasteiger partial charge >= 0.3 is 0 Å². The van der Waals surface area contributed by atoms with Crippen LogP contribution >= 0.6 is 11.6 Å². The molecule has 7 nitrogen and oxygen atoms in total. The van der Waals surface area contributed by atoms with Crippen LogP contribution in [0.2, 0.25) is 5.02 Å². The number of nitro benzene ring substituents is 1. The molecule has 8 heteroatoms. The van der Waals surface area contributed by atoms with E-state index < -0.39 is 10.8 Å². The lowest BCUT2D eigenvalue weighted by Gasteiger charge is -2.05. The summed E-state index contributed by atoms with van der Waals surface area (Å²) < 4.78 is 0. The Kier molecular flexibility index (Phi) is 6.25. The molecule has 0 unspecified atom stereocenters. The summed E-state index contributed by atoms with van der Waals surface area (Å²) in [5, 5.41) is 11.1. The monoisotopic (exact) mass is 359 g/mol. The number of hydrogen-bond donors (Lipinski definition) is 2. The lowest BCUT2D eigenvalue weighted by Crippen LogP contribution is -2.41. The van der Waals surface area contributed by atoms with Crippen LogP contribution in [0.3, 0.4) is 0 Å². The molecule has 128 valence electrons. The number of benzene rings is 2. The Morgan fingerprint density at radius 1 is 1.04 bits per heavy atom. The number of carbonyl (C=O) groups is 2. The van der Waals surface area contributed by atoms with Crippen LogP contribution in [0.15, 0.2) is 54.6 Å². The minimum absolute atomic E-state index is 0.0314. The highest BCUT2D eigenvalue weighted by Crippen LogP contribution is 2.12. The molecule has 0 aliphatic heterocycles. The van der Waals surface area contributed by atoms with Gasteiger partial charge in [0.25, 0.3) is 11.6 Å². The normalized spacial score (nSPS) is 10.4. The van der Waals surface area contributed by atoms with Gasteiger partial charge in [-0.2, -0.15) is 0 Å². The molecule has 0 bridgehead atoms. The summed E-state index contributed by atoms with van der Waals surface area (Å²) >= 11 is 5.76. The first-order chi connectivity index (χ1) is 11.9. The zero-order valence-electron chi connectivity index (χ0n) is 12.9. The summed E-state index contributed by atoms with van der Waals surface area (Å²) in [7, 11) is 0. The Labute approximate surface area is 148 Å². The highest BCUT2D eigenvalue weighted by atomic mass is 35.5. The van der Waals surface area contributed by atoms with Crippen LogP contribution in [0.5, 0.6) is 0 Å². The summed E-state index contributed by atoms with van der Waals surface area (Å²) in [4.78, 5) is 33.4.